The number of nitrogens with zero attached hydrogens (tertiary/aromatic N) is 2. The van der Waals surface area contributed by atoms with Crippen molar-refractivity contribution in [1.29, 1.82) is 0 Å². The Bertz CT molecular complexity index is 711. The van der Waals surface area contributed by atoms with Crippen molar-refractivity contribution in [2.45, 2.75) is 130 Å². The maximum atomic E-state index is 13.2. The molecule has 0 saturated carbocycles. The summed E-state index contributed by atoms with van der Waals surface area (Å²) in [5.41, 5.74) is 0.923. The predicted molar refractivity (Wildman–Crippen MR) is 181 cm³/mol. The molecule has 0 spiro atoms. The Morgan fingerprint density at radius 1 is 0.476 bits per heavy atom. The molecule has 1 aromatic rings. The number of rotatable bonds is 28. The van der Waals surface area contributed by atoms with E-state index in [0.29, 0.717) is 24.2 Å². The summed E-state index contributed by atoms with van der Waals surface area (Å²) >= 11 is 0. The first-order valence-corrected chi connectivity index (χ1v) is 17.7. The third kappa shape index (κ3) is 18.6. The van der Waals surface area contributed by atoms with Gasteiger partial charge in [-0.15, -0.1) is 0 Å². The lowest BCUT2D eigenvalue weighted by molar-refractivity contribution is 0.0913. The molecule has 0 unspecified atom stereocenters. The van der Waals surface area contributed by atoms with Crippen molar-refractivity contribution in [3.63, 3.8) is 0 Å². The highest BCUT2D eigenvalue weighted by Gasteiger charge is 2.17. The Kier molecular flexibility index (Phi) is 24.2. The molecule has 1 aromatic carbocycles. The standard InChI is InChI=1S/C36H66N4O2/c1-5-9-13-19-27-39(28-20-14-10-6-2)31-25-37-35(41)33-23-17-18-24-34(33)36(42)38-26-32-40(29-21-15-11-7-3)30-22-16-12-8-4/h17-18,23-24H,5-16,19-22,25-32H2,1-4H3,(H,37,41)(H,38,42). The minimum Gasteiger partial charge on any atom is -0.351 e. The van der Waals surface area contributed by atoms with E-state index >= 15 is 0 Å². The van der Waals surface area contributed by atoms with Gasteiger partial charge in [-0.2, -0.15) is 0 Å². The molecular weight excluding hydrogens is 520 g/mol. The molecule has 242 valence electrons. The van der Waals surface area contributed by atoms with E-state index in [9.17, 15) is 9.59 Å². The Hall–Kier alpha value is -1.92. The number of nitrogens with one attached hydrogen (secondary N) is 2. The van der Waals surface area contributed by atoms with Gasteiger partial charge in [0.05, 0.1) is 11.1 Å². The molecule has 2 amide bonds. The van der Waals surface area contributed by atoms with E-state index in [0.717, 1.165) is 39.3 Å². The fourth-order valence-electron chi connectivity index (χ4n) is 5.44. The lowest BCUT2D eigenvalue weighted by Crippen LogP contribution is -2.38. The monoisotopic (exact) mass is 587 g/mol. The van der Waals surface area contributed by atoms with Crippen LogP contribution in [0.15, 0.2) is 24.3 Å². The van der Waals surface area contributed by atoms with Crippen LogP contribution in [0.3, 0.4) is 0 Å². The van der Waals surface area contributed by atoms with Crippen LogP contribution in [0.5, 0.6) is 0 Å². The Morgan fingerprint density at radius 2 is 0.786 bits per heavy atom. The van der Waals surface area contributed by atoms with Gasteiger partial charge in [-0.25, -0.2) is 0 Å². The first-order valence-electron chi connectivity index (χ1n) is 17.7. The minimum absolute atomic E-state index is 0.161. The third-order valence-corrected chi connectivity index (χ3v) is 8.16. The van der Waals surface area contributed by atoms with Crippen molar-refractivity contribution in [2.24, 2.45) is 0 Å². The molecule has 0 heterocycles. The van der Waals surface area contributed by atoms with Gasteiger partial charge in [-0.05, 0) is 64.0 Å². The SMILES string of the molecule is CCCCCCN(CCCCCC)CCNC(=O)c1ccccc1C(=O)NCCN(CCCCCC)CCCCCC. The van der Waals surface area contributed by atoms with E-state index in [1.165, 1.54) is 103 Å². The van der Waals surface area contributed by atoms with Crippen LogP contribution in [-0.4, -0.2) is 74.0 Å². The summed E-state index contributed by atoms with van der Waals surface area (Å²) in [6, 6.07) is 7.22. The second kappa shape index (κ2) is 26.7. The molecule has 0 radical (unpaired) electrons. The quantitative estimate of drug-likeness (QED) is 0.0975. The number of carbonyl (C=O) groups is 2. The first-order chi connectivity index (χ1) is 20.6. The van der Waals surface area contributed by atoms with E-state index in [2.05, 4.69) is 48.1 Å². The number of amides is 2. The average Bonchev–Trinajstić information content (AvgIpc) is 3.00. The fourth-order valence-corrected chi connectivity index (χ4v) is 5.44. The summed E-state index contributed by atoms with van der Waals surface area (Å²) in [6.45, 7) is 16.3. The van der Waals surface area contributed by atoms with E-state index < -0.39 is 0 Å². The summed E-state index contributed by atoms with van der Waals surface area (Å²) in [4.78, 5) is 31.3. The van der Waals surface area contributed by atoms with E-state index in [1.807, 2.05) is 12.1 Å². The average molecular weight is 587 g/mol. The normalized spacial score (nSPS) is 11.4. The lowest BCUT2D eigenvalue weighted by atomic mass is 10.1. The van der Waals surface area contributed by atoms with Gasteiger partial charge in [0.1, 0.15) is 0 Å². The third-order valence-electron chi connectivity index (χ3n) is 8.16. The number of carbonyl (C=O) groups excluding carboxylic acids is 2. The predicted octanol–water partition coefficient (Wildman–Crippen LogP) is 8.07. The Morgan fingerprint density at radius 3 is 1.07 bits per heavy atom. The first kappa shape index (κ1) is 38.1. The molecule has 0 atom stereocenters. The summed E-state index contributed by atoms with van der Waals surface area (Å²) in [6.07, 6.45) is 20.1. The van der Waals surface area contributed by atoms with Crippen LogP contribution < -0.4 is 10.6 Å². The molecule has 0 bridgehead atoms. The van der Waals surface area contributed by atoms with Crippen LogP contribution in [-0.2, 0) is 0 Å². The Labute approximate surface area is 259 Å². The van der Waals surface area contributed by atoms with Gasteiger partial charge in [0, 0.05) is 26.2 Å². The largest absolute Gasteiger partial charge is 0.351 e. The summed E-state index contributed by atoms with van der Waals surface area (Å²) < 4.78 is 0. The second-order valence-electron chi connectivity index (χ2n) is 12.0. The van der Waals surface area contributed by atoms with Crippen LogP contribution in [0.25, 0.3) is 0 Å². The van der Waals surface area contributed by atoms with Crippen molar-refractivity contribution in [3.05, 3.63) is 35.4 Å². The maximum absolute atomic E-state index is 13.2. The molecule has 0 aliphatic heterocycles. The molecule has 0 aromatic heterocycles. The highest BCUT2D eigenvalue weighted by molar-refractivity contribution is 6.07. The maximum Gasteiger partial charge on any atom is 0.252 e. The van der Waals surface area contributed by atoms with Gasteiger partial charge in [0.2, 0.25) is 0 Å². The molecule has 0 fully saturated rings. The molecule has 42 heavy (non-hydrogen) atoms. The molecule has 0 saturated heterocycles. The molecule has 0 aliphatic rings. The van der Waals surface area contributed by atoms with Crippen molar-refractivity contribution < 1.29 is 9.59 Å². The van der Waals surface area contributed by atoms with Crippen LogP contribution in [0, 0.1) is 0 Å². The van der Waals surface area contributed by atoms with Gasteiger partial charge < -0.3 is 20.4 Å². The van der Waals surface area contributed by atoms with E-state index in [4.69, 9.17) is 0 Å². The summed E-state index contributed by atoms with van der Waals surface area (Å²) in [5.74, 6) is -0.322. The van der Waals surface area contributed by atoms with Crippen LogP contribution in [0.1, 0.15) is 151 Å². The number of hydrogen-bond acceptors (Lipinski definition) is 4. The minimum atomic E-state index is -0.161. The topological polar surface area (TPSA) is 64.7 Å². The van der Waals surface area contributed by atoms with Gasteiger partial charge >= 0.3 is 0 Å². The van der Waals surface area contributed by atoms with Gasteiger partial charge in [-0.3, -0.25) is 9.59 Å². The number of benzene rings is 1. The Balaban J connectivity index is 2.61. The fraction of sp³-hybridized carbons (Fsp3) is 0.778. The van der Waals surface area contributed by atoms with E-state index in [-0.39, 0.29) is 11.8 Å². The summed E-state index contributed by atoms with van der Waals surface area (Å²) in [5, 5.41) is 6.20. The van der Waals surface area contributed by atoms with Crippen LogP contribution in [0.2, 0.25) is 0 Å². The van der Waals surface area contributed by atoms with Gasteiger partial charge in [0.15, 0.2) is 0 Å². The number of unbranched alkanes of at least 4 members (excludes halogenated alkanes) is 12. The molecule has 2 N–H and O–H groups in total. The molecule has 0 aliphatic carbocycles. The van der Waals surface area contributed by atoms with Crippen molar-refractivity contribution in [2.75, 3.05) is 52.4 Å². The van der Waals surface area contributed by atoms with Crippen molar-refractivity contribution >= 4 is 11.8 Å². The molecular formula is C36H66N4O2. The van der Waals surface area contributed by atoms with Crippen LogP contribution in [0.4, 0.5) is 0 Å². The lowest BCUT2D eigenvalue weighted by Gasteiger charge is -2.23. The molecule has 6 heteroatoms. The zero-order valence-electron chi connectivity index (χ0n) is 28.0. The summed E-state index contributed by atoms with van der Waals surface area (Å²) in [7, 11) is 0. The van der Waals surface area contributed by atoms with Crippen LogP contribution >= 0.6 is 0 Å². The van der Waals surface area contributed by atoms with Gasteiger partial charge in [-0.1, -0.05) is 117 Å². The molecule has 6 nitrogen and oxygen atoms in total. The smallest absolute Gasteiger partial charge is 0.252 e. The van der Waals surface area contributed by atoms with Crippen molar-refractivity contribution in [3.8, 4) is 0 Å². The highest BCUT2D eigenvalue weighted by Crippen LogP contribution is 2.10. The zero-order valence-corrected chi connectivity index (χ0v) is 28.0. The molecule has 1 rings (SSSR count). The second-order valence-corrected chi connectivity index (χ2v) is 12.0. The zero-order chi connectivity index (χ0) is 30.7. The highest BCUT2D eigenvalue weighted by atomic mass is 16.2. The van der Waals surface area contributed by atoms with Gasteiger partial charge in [0.25, 0.3) is 11.8 Å². The number of hydrogen-bond donors (Lipinski definition) is 2. The van der Waals surface area contributed by atoms with Crippen molar-refractivity contribution in [1.82, 2.24) is 20.4 Å². The van der Waals surface area contributed by atoms with E-state index in [1.54, 1.807) is 12.1 Å².